The average molecular weight is 354 g/mol. The van der Waals surface area contributed by atoms with E-state index in [1.54, 1.807) is 16.0 Å². The highest BCUT2D eigenvalue weighted by molar-refractivity contribution is 7.09. The smallest absolute Gasteiger partial charge is 0.273 e. The highest BCUT2D eigenvalue weighted by Gasteiger charge is 2.27. The Labute approximate surface area is 149 Å². The van der Waals surface area contributed by atoms with E-state index in [0.717, 1.165) is 17.7 Å². The number of aromatic nitrogens is 3. The number of hydrogen-bond donors (Lipinski definition) is 1. The molecule has 1 aromatic carbocycles. The number of thiophene rings is 1. The van der Waals surface area contributed by atoms with Crippen LogP contribution in [0.4, 0.5) is 0 Å². The fraction of sp³-hybridized carbons (Fsp3) is 0.278. The zero-order chi connectivity index (χ0) is 17.1. The molecule has 3 heterocycles. The third-order valence-electron chi connectivity index (χ3n) is 4.22. The predicted molar refractivity (Wildman–Crippen MR) is 94.4 cm³/mol. The maximum atomic E-state index is 12.4. The maximum absolute atomic E-state index is 12.4. The van der Waals surface area contributed by atoms with Crippen molar-refractivity contribution in [2.45, 2.75) is 25.7 Å². The quantitative estimate of drug-likeness (QED) is 0.765. The molecule has 3 aromatic rings. The van der Waals surface area contributed by atoms with E-state index in [1.807, 2.05) is 41.8 Å². The van der Waals surface area contributed by atoms with Gasteiger partial charge in [0.05, 0.1) is 18.8 Å². The number of nitrogens with zero attached hydrogens (tertiary/aromatic N) is 3. The Bertz CT molecular complexity index is 845. The Hall–Kier alpha value is -2.51. The molecule has 0 saturated heterocycles. The lowest BCUT2D eigenvalue weighted by Crippen LogP contribution is -2.28. The second-order valence-corrected chi connectivity index (χ2v) is 6.89. The van der Waals surface area contributed by atoms with Crippen LogP contribution >= 0.6 is 11.3 Å². The normalized spacial score (nSPS) is 16.4. The number of amides is 1. The number of fused-ring (bicyclic) bond motifs is 1. The SMILES string of the molecule is O=C(NCCc1cccs1)c1nnn2c1CO[C@@H](c1ccccc1)C2. The van der Waals surface area contributed by atoms with Crippen LogP contribution in [0.15, 0.2) is 47.8 Å². The average Bonchev–Trinajstić information content (AvgIpc) is 3.31. The number of nitrogens with one attached hydrogen (secondary N) is 1. The molecule has 7 heteroatoms. The van der Waals surface area contributed by atoms with Crippen molar-refractivity contribution in [3.63, 3.8) is 0 Å². The molecule has 1 aliphatic rings. The van der Waals surface area contributed by atoms with Gasteiger partial charge in [0, 0.05) is 11.4 Å². The third kappa shape index (κ3) is 3.47. The topological polar surface area (TPSA) is 69.0 Å². The van der Waals surface area contributed by atoms with E-state index in [2.05, 4.69) is 21.7 Å². The third-order valence-corrected chi connectivity index (χ3v) is 5.16. The summed E-state index contributed by atoms with van der Waals surface area (Å²) >= 11 is 1.69. The van der Waals surface area contributed by atoms with E-state index in [4.69, 9.17) is 4.74 Å². The minimum Gasteiger partial charge on any atom is -0.365 e. The molecule has 0 fully saturated rings. The molecule has 4 rings (SSSR count). The number of benzene rings is 1. The molecular weight excluding hydrogens is 336 g/mol. The van der Waals surface area contributed by atoms with Crippen LogP contribution in [0.2, 0.25) is 0 Å². The zero-order valence-electron chi connectivity index (χ0n) is 13.6. The highest BCUT2D eigenvalue weighted by atomic mass is 32.1. The number of ether oxygens (including phenoxy) is 1. The molecule has 0 saturated carbocycles. The standard InChI is InChI=1S/C18H18N4O2S/c23-18(19-9-8-14-7-4-10-25-14)17-15-12-24-16(11-22(15)21-20-17)13-5-2-1-3-6-13/h1-7,10,16H,8-9,11-12H2,(H,19,23)/t16-/m1/s1. The summed E-state index contributed by atoms with van der Waals surface area (Å²) in [6, 6.07) is 14.1. The first-order chi connectivity index (χ1) is 12.3. The molecule has 1 amide bonds. The van der Waals surface area contributed by atoms with Crippen molar-refractivity contribution in [1.82, 2.24) is 20.3 Å². The first kappa shape index (κ1) is 16.0. The van der Waals surface area contributed by atoms with Gasteiger partial charge in [0.25, 0.3) is 5.91 Å². The summed E-state index contributed by atoms with van der Waals surface area (Å²) in [5, 5.41) is 13.2. The van der Waals surface area contributed by atoms with Gasteiger partial charge in [-0.3, -0.25) is 4.79 Å². The van der Waals surface area contributed by atoms with Crippen molar-refractivity contribution in [1.29, 1.82) is 0 Å². The lowest BCUT2D eigenvalue weighted by Gasteiger charge is -2.24. The van der Waals surface area contributed by atoms with Crippen LogP contribution in [0.1, 0.15) is 32.7 Å². The number of rotatable bonds is 5. The van der Waals surface area contributed by atoms with Crippen LogP contribution in [-0.4, -0.2) is 27.4 Å². The van der Waals surface area contributed by atoms with E-state index in [1.165, 1.54) is 4.88 Å². The molecule has 1 aliphatic heterocycles. The minimum atomic E-state index is -0.195. The fourth-order valence-corrected chi connectivity index (χ4v) is 3.60. The summed E-state index contributed by atoms with van der Waals surface area (Å²) < 4.78 is 7.70. The van der Waals surface area contributed by atoms with Gasteiger partial charge >= 0.3 is 0 Å². The summed E-state index contributed by atoms with van der Waals surface area (Å²) in [7, 11) is 0. The van der Waals surface area contributed by atoms with Gasteiger partial charge in [0.2, 0.25) is 0 Å². The molecule has 6 nitrogen and oxygen atoms in total. The Morgan fingerprint density at radius 2 is 2.16 bits per heavy atom. The fourth-order valence-electron chi connectivity index (χ4n) is 2.90. The molecule has 0 radical (unpaired) electrons. The largest absolute Gasteiger partial charge is 0.365 e. The van der Waals surface area contributed by atoms with Crippen molar-refractivity contribution in [2.75, 3.05) is 6.54 Å². The first-order valence-corrected chi connectivity index (χ1v) is 9.09. The van der Waals surface area contributed by atoms with Crippen molar-refractivity contribution in [3.8, 4) is 0 Å². The summed E-state index contributed by atoms with van der Waals surface area (Å²) in [6.07, 6.45) is 0.754. The van der Waals surface area contributed by atoms with Gasteiger partial charge in [-0.15, -0.1) is 16.4 Å². The number of carbonyl (C=O) groups is 1. The summed E-state index contributed by atoms with van der Waals surface area (Å²) in [5.74, 6) is -0.195. The van der Waals surface area contributed by atoms with E-state index in [9.17, 15) is 4.79 Å². The zero-order valence-corrected chi connectivity index (χ0v) is 14.4. The Morgan fingerprint density at radius 3 is 2.96 bits per heavy atom. The Morgan fingerprint density at radius 1 is 1.28 bits per heavy atom. The Balaban J connectivity index is 1.40. The van der Waals surface area contributed by atoms with Gasteiger partial charge in [0.15, 0.2) is 5.69 Å². The molecule has 1 N–H and O–H groups in total. The van der Waals surface area contributed by atoms with Crippen molar-refractivity contribution in [3.05, 3.63) is 69.7 Å². The Kier molecular flexibility index (Phi) is 4.58. The molecular formula is C18H18N4O2S. The van der Waals surface area contributed by atoms with Crippen molar-refractivity contribution < 1.29 is 9.53 Å². The van der Waals surface area contributed by atoms with E-state index < -0.39 is 0 Å². The second kappa shape index (κ2) is 7.16. The van der Waals surface area contributed by atoms with Gasteiger partial charge < -0.3 is 10.1 Å². The number of carbonyl (C=O) groups excluding carboxylic acids is 1. The van der Waals surface area contributed by atoms with Crippen LogP contribution < -0.4 is 5.32 Å². The molecule has 25 heavy (non-hydrogen) atoms. The van der Waals surface area contributed by atoms with Gasteiger partial charge in [-0.2, -0.15) is 0 Å². The lowest BCUT2D eigenvalue weighted by molar-refractivity contribution is -0.00176. The summed E-state index contributed by atoms with van der Waals surface area (Å²) in [6.45, 7) is 1.48. The molecule has 0 spiro atoms. The molecule has 128 valence electrons. The van der Waals surface area contributed by atoms with Crippen LogP contribution in [0.25, 0.3) is 0 Å². The predicted octanol–water partition coefficient (Wildman–Crippen LogP) is 2.58. The maximum Gasteiger partial charge on any atom is 0.273 e. The van der Waals surface area contributed by atoms with Gasteiger partial charge in [0.1, 0.15) is 6.10 Å². The highest BCUT2D eigenvalue weighted by Crippen LogP contribution is 2.26. The van der Waals surface area contributed by atoms with Crippen LogP contribution in [0, 0.1) is 0 Å². The van der Waals surface area contributed by atoms with Gasteiger partial charge in [-0.25, -0.2) is 4.68 Å². The van der Waals surface area contributed by atoms with Gasteiger partial charge in [-0.1, -0.05) is 41.6 Å². The van der Waals surface area contributed by atoms with E-state index in [-0.39, 0.29) is 12.0 Å². The second-order valence-electron chi connectivity index (χ2n) is 5.86. The van der Waals surface area contributed by atoms with E-state index >= 15 is 0 Å². The molecule has 0 aliphatic carbocycles. The van der Waals surface area contributed by atoms with Gasteiger partial charge in [-0.05, 0) is 23.4 Å². The number of hydrogen-bond acceptors (Lipinski definition) is 5. The van der Waals surface area contributed by atoms with Crippen molar-refractivity contribution in [2.24, 2.45) is 0 Å². The minimum absolute atomic E-state index is 0.0647. The van der Waals surface area contributed by atoms with E-state index in [0.29, 0.717) is 25.4 Å². The van der Waals surface area contributed by atoms with Crippen LogP contribution in [0.5, 0.6) is 0 Å². The van der Waals surface area contributed by atoms with Crippen molar-refractivity contribution >= 4 is 17.2 Å². The molecule has 0 bridgehead atoms. The molecule has 1 atom stereocenters. The monoisotopic (exact) mass is 354 g/mol. The summed E-state index contributed by atoms with van der Waals surface area (Å²) in [5.41, 5.74) is 2.20. The van der Waals surface area contributed by atoms with Crippen LogP contribution in [0.3, 0.4) is 0 Å². The molecule has 0 unspecified atom stereocenters. The first-order valence-electron chi connectivity index (χ1n) is 8.21. The summed E-state index contributed by atoms with van der Waals surface area (Å²) in [4.78, 5) is 13.6. The molecule has 2 aromatic heterocycles. The van der Waals surface area contributed by atoms with Crippen LogP contribution in [-0.2, 0) is 24.3 Å². The lowest BCUT2D eigenvalue weighted by atomic mass is 10.1.